The van der Waals surface area contributed by atoms with Gasteiger partial charge in [-0.2, -0.15) is 5.26 Å². The fourth-order valence-electron chi connectivity index (χ4n) is 0.632. The Balaban J connectivity index is 4.25. The molecular formula is C7H14NO4P. The summed E-state index contributed by atoms with van der Waals surface area (Å²) in [6.45, 7) is 5.26. The zero-order valence-corrected chi connectivity index (χ0v) is 8.91. The van der Waals surface area contributed by atoms with Crippen LogP contribution in [-0.4, -0.2) is 19.3 Å². The van der Waals surface area contributed by atoms with Gasteiger partial charge < -0.3 is 0 Å². The van der Waals surface area contributed by atoms with Gasteiger partial charge in [0.05, 0.1) is 19.3 Å². The molecule has 0 saturated heterocycles. The summed E-state index contributed by atoms with van der Waals surface area (Å²) in [7, 11) is -3.51. The van der Waals surface area contributed by atoms with E-state index < -0.39 is 13.9 Å². The van der Waals surface area contributed by atoms with Gasteiger partial charge >= 0.3 is 7.82 Å². The van der Waals surface area contributed by atoms with Gasteiger partial charge in [0.1, 0.15) is 0 Å². The third-order valence-electron chi connectivity index (χ3n) is 1.04. The predicted octanol–water partition coefficient (Wildman–Crippen LogP) is 2.10. The van der Waals surface area contributed by atoms with Gasteiger partial charge in [0.2, 0.25) is 0 Å². The zero-order chi connectivity index (χ0) is 10.3. The zero-order valence-electron chi connectivity index (χ0n) is 8.02. The number of phosphoric acid groups is 1. The molecule has 0 spiro atoms. The van der Waals surface area contributed by atoms with Crippen LogP contribution in [0.25, 0.3) is 0 Å². The van der Waals surface area contributed by atoms with Crippen molar-refractivity contribution in [2.24, 2.45) is 0 Å². The molecule has 0 aromatic carbocycles. The van der Waals surface area contributed by atoms with Crippen molar-refractivity contribution in [1.82, 2.24) is 0 Å². The molecule has 0 aliphatic rings. The molecule has 0 heterocycles. The van der Waals surface area contributed by atoms with Gasteiger partial charge in [0.25, 0.3) is 0 Å². The molecule has 0 aliphatic heterocycles. The summed E-state index contributed by atoms with van der Waals surface area (Å²) >= 11 is 0. The summed E-state index contributed by atoms with van der Waals surface area (Å²) in [5.41, 5.74) is 0. The van der Waals surface area contributed by atoms with E-state index >= 15 is 0 Å². The van der Waals surface area contributed by atoms with Gasteiger partial charge in [-0.25, -0.2) is 4.57 Å². The highest BCUT2D eigenvalue weighted by atomic mass is 31.2. The molecule has 0 aromatic rings. The van der Waals surface area contributed by atoms with Crippen LogP contribution >= 0.6 is 7.82 Å². The molecule has 0 rings (SSSR count). The molecule has 6 heteroatoms. The van der Waals surface area contributed by atoms with Crippen molar-refractivity contribution >= 4 is 7.82 Å². The minimum atomic E-state index is -3.51. The lowest BCUT2D eigenvalue weighted by molar-refractivity contribution is 0.108. The Morgan fingerprint density at radius 2 is 1.85 bits per heavy atom. The first kappa shape index (κ1) is 12.6. The van der Waals surface area contributed by atoms with E-state index in [2.05, 4.69) is 0 Å². The van der Waals surface area contributed by atoms with Crippen molar-refractivity contribution < 1.29 is 18.1 Å². The van der Waals surface area contributed by atoms with Gasteiger partial charge in [-0.05, 0) is 20.8 Å². The quantitative estimate of drug-likeness (QED) is 0.624. The first-order chi connectivity index (χ1) is 6.08. The lowest BCUT2D eigenvalue weighted by atomic mass is 10.5. The van der Waals surface area contributed by atoms with Crippen molar-refractivity contribution in [2.75, 3.05) is 13.2 Å². The highest BCUT2D eigenvalue weighted by molar-refractivity contribution is 7.48. The van der Waals surface area contributed by atoms with Crippen LogP contribution in [0.5, 0.6) is 0 Å². The first-order valence-electron chi connectivity index (χ1n) is 4.05. The van der Waals surface area contributed by atoms with Crippen LogP contribution in [0.1, 0.15) is 20.8 Å². The second-order valence-corrected chi connectivity index (χ2v) is 3.78. The minimum absolute atomic E-state index is 0.218. The van der Waals surface area contributed by atoms with E-state index in [-0.39, 0.29) is 13.2 Å². The van der Waals surface area contributed by atoms with Crippen molar-refractivity contribution in [1.29, 1.82) is 5.26 Å². The Morgan fingerprint density at radius 1 is 1.38 bits per heavy atom. The van der Waals surface area contributed by atoms with Gasteiger partial charge in [-0.1, -0.05) is 0 Å². The monoisotopic (exact) mass is 207 g/mol. The Morgan fingerprint density at radius 3 is 2.15 bits per heavy atom. The Bertz CT molecular complexity index is 215. The molecule has 0 radical (unpaired) electrons. The SMILES string of the molecule is CCOP(=O)(OCC)OC(C)C#N. The van der Waals surface area contributed by atoms with E-state index in [9.17, 15) is 4.57 Å². The van der Waals surface area contributed by atoms with Crippen molar-refractivity contribution in [2.45, 2.75) is 26.9 Å². The Kier molecular flexibility index (Phi) is 5.93. The van der Waals surface area contributed by atoms with Gasteiger partial charge in [-0.15, -0.1) is 0 Å². The molecule has 13 heavy (non-hydrogen) atoms. The molecule has 0 aliphatic carbocycles. The normalized spacial score (nSPS) is 13.7. The van der Waals surface area contributed by atoms with E-state index in [4.69, 9.17) is 18.8 Å². The third-order valence-corrected chi connectivity index (χ3v) is 2.77. The second kappa shape index (κ2) is 6.11. The average Bonchev–Trinajstić information content (AvgIpc) is 2.04. The lowest BCUT2D eigenvalue weighted by Gasteiger charge is -2.16. The fourth-order valence-corrected chi connectivity index (χ4v) is 1.89. The summed E-state index contributed by atoms with van der Waals surface area (Å²) in [5.74, 6) is 0. The summed E-state index contributed by atoms with van der Waals surface area (Å²) in [6.07, 6.45) is -0.802. The van der Waals surface area contributed by atoms with Crippen LogP contribution in [0.2, 0.25) is 0 Å². The maximum atomic E-state index is 11.6. The summed E-state index contributed by atoms with van der Waals surface area (Å²) in [5, 5.41) is 8.43. The molecule has 5 nitrogen and oxygen atoms in total. The molecular weight excluding hydrogens is 193 g/mol. The number of nitriles is 1. The van der Waals surface area contributed by atoms with Crippen LogP contribution in [0.15, 0.2) is 0 Å². The van der Waals surface area contributed by atoms with E-state index in [0.717, 1.165) is 0 Å². The second-order valence-electron chi connectivity index (χ2n) is 2.16. The molecule has 0 fully saturated rings. The average molecular weight is 207 g/mol. The summed E-state index contributed by atoms with van der Waals surface area (Å²) < 4.78 is 26.0. The Hall–Kier alpha value is -0.400. The summed E-state index contributed by atoms with van der Waals surface area (Å²) in [6, 6.07) is 1.78. The van der Waals surface area contributed by atoms with Gasteiger partial charge in [-0.3, -0.25) is 13.6 Å². The topological polar surface area (TPSA) is 68.6 Å². The molecule has 1 unspecified atom stereocenters. The Labute approximate surface area is 78.2 Å². The number of phosphoric ester groups is 1. The molecule has 0 N–H and O–H groups in total. The highest BCUT2D eigenvalue weighted by Crippen LogP contribution is 2.50. The fraction of sp³-hybridized carbons (Fsp3) is 0.857. The minimum Gasteiger partial charge on any atom is -0.287 e. The highest BCUT2D eigenvalue weighted by Gasteiger charge is 2.27. The number of rotatable bonds is 6. The standard InChI is InChI=1S/C7H14NO4P/c1-4-10-13(9,11-5-2)12-7(3)6-8/h7H,4-5H2,1-3H3. The van der Waals surface area contributed by atoms with Crippen LogP contribution in [0.4, 0.5) is 0 Å². The number of nitrogens with zero attached hydrogens (tertiary/aromatic N) is 1. The van der Waals surface area contributed by atoms with Crippen LogP contribution in [-0.2, 0) is 18.1 Å². The van der Waals surface area contributed by atoms with Crippen LogP contribution < -0.4 is 0 Å². The maximum absolute atomic E-state index is 11.6. The molecule has 0 bridgehead atoms. The predicted molar refractivity (Wildman–Crippen MR) is 47.0 cm³/mol. The largest absolute Gasteiger partial charge is 0.476 e. The summed E-state index contributed by atoms with van der Waals surface area (Å²) in [4.78, 5) is 0. The molecule has 0 aromatic heterocycles. The maximum Gasteiger partial charge on any atom is 0.476 e. The van der Waals surface area contributed by atoms with Crippen molar-refractivity contribution in [3.05, 3.63) is 0 Å². The number of hydrogen-bond acceptors (Lipinski definition) is 5. The van der Waals surface area contributed by atoms with Crippen molar-refractivity contribution in [3.8, 4) is 6.07 Å². The third kappa shape index (κ3) is 5.02. The van der Waals surface area contributed by atoms with Gasteiger partial charge in [0.15, 0.2) is 6.10 Å². The molecule has 0 saturated carbocycles. The van der Waals surface area contributed by atoms with E-state index in [0.29, 0.717) is 0 Å². The first-order valence-corrected chi connectivity index (χ1v) is 5.51. The van der Waals surface area contributed by atoms with E-state index in [1.165, 1.54) is 6.92 Å². The van der Waals surface area contributed by atoms with E-state index in [1.54, 1.807) is 19.9 Å². The van der Waals surface area contributed by atoms with Crippen molar-refractivity contribution in [3.63, 3.8) is 0 Å². The lowest BCUT2D eigenvalue weighted by Crippen LogP contribution is -2.07. The smallest absolute Gasteiger partial charge is 0.287 e. The molecule has 1 atom stereocenters. The van der Waals surface area contributed by atoms with Crippen LogP contribution in [0.3, 0.4) is 0 Å². The number of hydrogen-bond donors (Lipinski definition) is 0. The van der Waals surface area contributed by atoms with Gasteiger partial charge in [0, 0.05) is 0 Å². The van der Waals surface area contributed by atoms with E-state index in [1.807, 2.05) is 0 Å². The van der Waals surface area contributed by atoms with Crippen LogP contribution in [0, 0.1) is 11.3 Å². The molecule has 0 amide bonds. The molecule has 76 valence electrons.